The molecule has 5 heteroatoms. The Morgan fingerprint density at radius 1 is 1.31 bits per heavy atom. The molecule has 1 fully saturated rings. The number of hydrogen-bond acceptors (Lipinski definition) is 4. The van der Waals surface area contributed by atoms with Crippen molar-refractivity contribution in [1.29, 1.82) is 0 Å². The highest BCUT2D eigenvalue weighted by atomic mass is 16.5. The van der Waals surface area contributed by atoms with Crippen LogP contribution in [0.5, 0.6) is 0 Å². The van der Waals surface area contributed by atoms with Crippen molar-refractivity contribution in [1.82, 2.24) is 9.80 Å². The van der Waals surface area contributed by atoms with Crippen molar-refractivity contribution in [2.75, 3.05) is 39.9 Å². The lowest BCUT2D eigenvalue weighted by Gasteiger charge is -2.38. The van der Waals surface area contributed by atoms with Gasteiger partial charge in [-0.2, -0.15) is 0 Å². The van der Waals surface area contributed by atoms with Crippen LogP contribution in [0, 0.1) is 0 Å². The zero-order valence-electron chi connectivity index (χ0n) is 10.3. The molecular weight excluding hydrogens is 208 g/mol. The summed E-state index contributed by atoms with van der Waals surface area (Å²) in [5.41, 5.74) is 0. The topological polar surface area (TPSA) is 53.0 Å². The third-order valence-corrected chi connectivity index (χ3v) is 3.21. The number of piperazine rings is 1. The van der Waals surface area contributed by atoms with Gasteiger partial charge in [-0.1, -0.05) is 0 Å². The third kappa shape index (κ3) is 3.43. The molecule has 1 rings (SSSR count). The number of ether oxygens (including phenoxy) is 1. The number of carbonyl (C=O) groups is 1. The fourth-order valence-corrected chi connectivity index (χ4v) is 1.90. The molecule has 5 nitrogen and oxygen atoms in total. The van der Waals surface area contributed by atoms with E-state index in [1.165, 1.54) is 7.11 Å². The van der Waals surface area contributed by atoms with Gasteiger partial charge in [-0.3, -0.25) is 9.69 Å². The molecule has 94 valence electrons. The lowest BCUT2D eigenvalue weighted by Crippen LogP contribution is -2.54. The Bertz CT molecular complexity index is 225. The number of amides is 1. The summed E-state index contributed by atoms with van der Waals surface area (Å²) < 4.78 is 4.82. The molecule has 0 bridgehead atoms. The molecule has 1 N–H and O–H groups in total. The molecule has 1 amide bonds. The Morgan fingerprint density at radius 2 is 1.88 bits per heavy atom. The molecule has 16 heavy (non-hydrogen) atoms. The molecule has 0 aromatic rings. The summed E-state index contributed by atoms with van der Waals surface area (Å²) in [4.78, 5) is 15.6. The lowest BCUT2D eigenvalue weighted by molar-refractivity contribution is -0.137. The molecule has 1 aliphatic heterocycles. The Hall–Kier alpha value is -0.650. The maximum Gasteiger partial charge on any atom is 0.248 e. The number of nitrogens with zero attached hydrogens (tertiary/aromatic N) is 2. The highest BCUT2D eigenvalue weighted by Gasteiger charge is 2.25. The summed E-state index contributed by atoms with van der Waals surface area (Å²) in [6, 6.07) is 0.152. The quantitative estimate of drug-likeness (QED) is 0.710. The van der Waals surface area contributed by atoms with Crippen molar-refractivity contribution in [3.63, 3.8) is 0 Å². The largest absolute Gasteiger partial charge is 0.392 e. The SMILES string of the molecule is COCC(=O)N1CCN(C(C)C(C)O)CC1. The molecular formula is C11H22N2O3. The zero-order valence-corrected chi connectivity index (χ0v) is 10.3. The number of aliphatic hydroxyl groups excluding tert-OH is 1. The first kappa shape index (κ1) is 13.4. The van der Waals surface area contributed by atoms with E-state index in [0.717, 1.165) is 26.2 Å². The van der Waals surface area contributed by atoms with Crippen molar-refractivity contribution < 1.29 is 14.6 Å². The summed E-state index contributed by atoms with van der Waals surface area (Å²) in [6.07, 6.45) is -0.332. The van der Waals surface area contributed by atoms with Crippen molar-refractivity contribution in [2.45, 2.75) is 26.0 Å². The molecule has 0 radical (unpaired) electrons. The predicted molar refractivity (Wildman–Crippen MR) is 61.2 cm³/mol. The van der Waals surface area contributed by atoms with E-state index in [-0.39, 0.29) is 24.7 Å². The van der Waals surface area contributed by atoms with Crippen LogP contribution >= 0.6 is 0 Å². The maximum absolute atomic E-state index is 11.5. The highest BCUT2D eigenvalue weighted by molar-refractivity contribution is 5.77. The zero-order chi connectivity index (χ0) is 12.1. The Kier molecular flexibility index (Phi) is 5.18. The first-order valence-corrected chi connectivity index (χ1v) is 5.75. The average Bonchev–Trinajstić information content (AvgIpc) is 2.28. The second-order valence-electron chi connectivity index (χ2n) is 4.33. The van der Waals surface area contributed by atoms with Gasteiger partial charge < -0.3 is 14.7 Å². The summed E-state index contributed by atoms with van der Waals surface area (Å²) in [5, 5.41) is 9.49. The molecule has 2 atom stereocenters. The average molecular weight is 230 g/mol. The van der Waals surface area contributed by atoms with Gasteiger partial charge in [0, 0.05) is 39.3 Å². The van der Waals surface area contributed by atoms with Gasteiger partial charge in [0.05, 0.1) is 6.10 Å². The van der Waals surface area contributed by atoms with E-state index in [1.807, 2.05) is 11.8 Å². The van der Waals surface area contributed by atoms with Gasteiger partial charge in [-0.25, -0.2) is 0 Å². The van der Waals surface area contributed by atoms with E-state index >= 15 is 0 Å². The van der Waals surface area contributed by atoms with Crippen LogP contribution in [0.15, 0.2) is 0 Å². The number of rotatable bonds is 4. The highest BCUT2D eigenvalue weighted by Crippen LogP contribution is 2.09. The van der Waals surface area contributed by atoms with Crippen LogP contribution in [-0.4, -0.2) is 72.9 Å². The number of methoxy groups -OCH3 is 1. The van der Waals surface area contributed by atoms with Crippen molar-refractivity contribution in [2.24, 2.45) is 0 Å². The van der Waals surface area contributed by atoms with Crippen LogP contribution in [0.3, 0.4) is 0 Å². The van der Waals surface area contributed by atoms with Crippen LogP contribution in [0.25, 0.3) is 0 Å². The maximum atomic E-state index is 11.5. The standard InChI is InChI=1S/C11H22N2O3/c1-9(10(2)14)12-4-6-13(7-5-12)11(15)8-16-3/h9-10,14H,4-8H2,1-3H3. The van der Waals surface area contributed by atoms with Crippen LogP contribution in [0.4, 0.5) is 0 Å². The fraction of sp³-hybridized carbons (Fsp3) is 0.909. The summed E-state index contributed by atoms with van der Waals surface area (Å²) in [6.45, 7) is 7.05. The van der Waals surface area contributed by atoms with E-state index in [4.69, 9.17) is 4.74 Å². The predicted octanol–water partition coefficient (Wildman–Crippen LogP) is -0.454. The molecule has 0 spiro atoms. The molecule has 1 aliphatic rings. The Balaban J connectivity index is 2.36. The fourth-order valence-electron chi connectivity index (χ4n) is 1.90. The Morgan fingerprint density at radius 3 is 2.31 bits per heavy atom. The molecule has 0 aliphatic carbocycles. The monoisotopic (exact) mass is 230 g/mol. The van der Waals surface area contributed by atoms with Crippen molar-refractivity contribution >= 4 is 5.91 Å². The smallest absolute Gasteiger partial charge is 0.248 e. The van der Waals surface area contributed by atoms with Gasteiger partial charge in [0.1, 0.15) is 6.61 Å². The summed E-state index contributed by atoms with van der Waals surface area (Å²) in [7, 11) is 1.53. The van der Waals surface area contributed by atoms with Gasteiger partial charge in [-0.05, 0) is 13.8 Å². The van der Waals surface area contributed by atoms with E-state index in [2.05, 4.69) is 4.90 Å². The molecule has 0 aromatic heterocycles. The van der Waals surface area contributed by atoms with Crippen molar-refractivity contribution in [3.05, 3.63) is 0 Å². The van der Waals surface area contributed by atoms with Gasteiger partial charge in [0.15, 0.2) is 0 Å². The number of aliphatic hydroxyl groups is 1. The first-order valence-electron chi connectivity index (χ1n) is 5.75. The molecule has 0 aromatic carbocycles. The molecule has 2 unspecified atom stereocenters. The molecule has 0 saturated carbocycles. The van der Waals surface area contributed by atoms with E-state index in [9.17, 15) is 9.90 Å². The second kappa shape index (κ2) is 6.18. The lowest BCUT2D eigenvalue weighted by atomic mass is 10.1. The van der Waals surface area contributed by atoms with E-state index < -0.39 is 0 Å². The van der Waals surface area contributed by atoms with Gasteiger partial charge in [0.2, 0.25) is 5.91 Å². The number of carbonyl (C=O) groups excluding carboxylic acids is 1. The Labute approximate surface area is 97.0 Å². The van der Waals surface area contributed by atoms with Crippen LogP contribution in [-0.2, 0) is 9.53 Å². The van der Waals surface area contributed by atoms with Gasteiger partial charge >= 0.3 is 0 Å². The summed E-state index contributed by atoms with van der Waals surface area (Å²) >= 11 is 0. The van der Waals surface area contributed by atoms with Crippen LogP contribution < -0.4 is 0 Å². The molecule has 1 saturated heterocycles. The molecule has 1 heterocycles. The van der Waals surface area contributed by atoms with Crippen molar-refractivity contribution in [3.8, 4) is 0 Å². The van der Waals surface area contributed by atoms with Crippen LogP contribution in [0.2, 0.25) is 0 Å². The minimum Gasteiger partial charge on any atom is -0.392 e. The summed E-state index contributed by atoms with van der Waals surface area (Å²) in [5.74, 6) is 0.0480. The van der Waals surface area contributed by atoms with Crippen LogP contribution in [0.1, 0.15) is 13.8 Å². The van der Waals surface area contributed by atoms with Gasteiger partial charge in [0.25, 0.3) is 0 Å². The minimum absolute atomic E-state index is 0.0480. The normalized spacial score (nSPS) is 21.9. The van der Waals surface area contributed by atoms with E-state index in [1.54, 1.807) is 6.92 Å². The van der Waals surface area contributed by atoms with E-state index in [0.29, 0.717) is 0 Å². The second-order valence-corrected chi connectivity index (χ2v) is 4.33. The van der Waals surface area contributed by atoms with Gasteiger partial charge in [-0.15, -0.1) is 0 Å². The first-order chi connectivity index (χ1) is 7.56. The minimum atomic E-state index is -0.332. The third-order valence-electron chi connectivity index (χ3n) is 3.21. The number of hydrogen-bond donors (Lipinski definition) is 1.